The lowest BCUT2D eigenvalue weighted by atomic mass is 9.87. The lowest BCUT2D eigenvalue weighted by Crippen LogP contribution is -2.36. The van der Waals surface area contributed by atoms with Gasteiger partial charge in [0.25, 0.3) is 5.56 Å². The number of carbonyl (C=O) groups excluding carboxylic acids is 1. The van der Waals surface area contributed by atoms with Gasteiger partial charge in [-0.05, 0) is 43.7 Å². The molecule has 0 unspecified atom stereocenters. The molecule has 1 fully saturated rings. The molecule has 166 valence electrons. The van der Waals surface area contributed by atoms with E-state index >= 15 is 0 Å². The van der Waals surface area contributed by atoms with E-state index in [0.29, 0.717) is 31.0 Å². The molecule has 1 atom stereocenters. The van der Waals surface area contributed by atoms with Crippen LogP contribution in [0.3, 0.4) is 0 Å². The van der Waals surface area contributed by atoms with Crippen molar-refractivity contribution in [3.8, 4) is 0 Å². The van der Waals surface area contributed by atoms with Gasteiger partial charge in [0.2, 0.25) is 5.91 Å². The Bertz CT molecular complexity index is 996. The number of hydrogen-bond donors (Lipinski definition) is 3. The summed E-state index contributed by atoms with van der Waals surface area (Å²) in [5, 5.41) is 6.18. The number of nitrogens with zero attached hydrogens (tertiary/aromatic N) is 3. The lowest BCUT2D eigenvalue weighted by Gasteiger charge is -2.21. The normalized spacial score (nSPS) is 18.5. The molecule has 0 bridgehead atoms. The van der Waals surface area contributed by atoms with E-state index in [1.54, 1.807) is 16.8 Å². The Labute approximate surface area is 182 Å². The Kier molecular flexibility index (Phi) is 6.53. The molecule has 2 aromatic rings. The van der Waals surface area contributed by atoms with Crippen LogP contribution < -0.4 is 21.9 Å². The van der Waals surface area contributed by atoms with Crippen LogP contribution in [-0.2, 0) is 17.8 Å². The zero-order chi connectivity index (χ0) is 21.8. The minimum absolute atomic E-state index is 0.156. The number of amides is 1. The van der Waals surface area contributed by atoms with Crippen molar-refractivity contribution in [3.05, 3.63) is 45.6 Å². The van der Waals surface area contributed by atoms with E-state index in [0.717, 1.165) is 35.8 Å². The van der Waals surface area contributed by atoms with Gasteiger partial charge in [-0.15, -0.1) is 0 Å². The van der Waals surface area contributed by atoms with Crippen LogP contribution in [0.4, 0.5) is 11.6 Å². The molecule has 2 aliphatic rings. The number of nitrogens with two attached hydrogens (primary N) is 1. The maximum atomic E-state index is 13.1. The van der Waals surface area contributed by atoms with Crippen molar-refractivity contribution in [1.29, 1.82) is 0 Å². The summed E-state index contributed by atoms with van der Waals surface area (Å²) in [5.74, 6) is 1.39. The molecule has 4 N–H and O–H groups in total. The smallest absolute Gasteiger partial charge is 0.294 e. The maximum Gasteiger partial charge on any atom is 0.294 e. The molecule has 0 saturated heterocycles. The third kappa shape index (κ3) is 4.89. The monoisotopic (exact) mass is 424 g/mol. The highest BCUT2D eigenvalue weighted by molar-refractivity contribution is 5.81. The Morgan fingerprint density at radius 3 is 2.81 bits per heavy atom. The molecule has 4 rings (SSSR count). The molecule has 2 aromatic heterocycles. The van der Waals surface area contributed by atoms with Crippen molar-refractivity contribution in [3.63, 3.8) is 0 Å². The summed E-state index contributed by atoms with van der Waals surface area (Å²) in [5.41, 5.74) is 8.00. The van der Waals surface area contributed by atoms with Gasteiger partial charge in [-0.3, -0.25) is 14.2 Å². The topological polar surface area (TPSA) is 115 Å². The first kappa shape index (κ1) is 21.3. The number of nitrogen functional groups attached to an aromatic ring is 1. The highest BCUT2D eigenvalue weighted by Crippen LogP contribution is 2.27. The van der Waals surface area contributed by atoms with E-state index in [1.165, 1.54) is 32.1 Å². The molecule has 0 aromatic carbocycles. The summed E-state index contributed by atoms with van der Waals surface area (Å²) in [6.07, 6.45) is 10.6. The highest BCUT2D eigenvalue weighted by Gasteiger charge is 2.30. The molecular formula is C23H32N6O2. The number of nitrogens with one attached hydrogen (secondary N) is 2. The van der Waals surface area contributed by atoms with E-state index in [9.17, 15) is 9.59 Å². The fraction of sp³-hybridized carbons (Fsp3) is 0.565. The molecule has 8 heteroatoms. The first-order valence-corrected chi connectivity index (χ1v) is 11.4. The predicted octanol–water partition coefficient (Wildman–Crippen LogP) is 2.71. The van der Waals surface area contributed by atoms with Crippen LogP contribution >= 0.6 is 0 Å². The van der Waals surface area contributed by atoms with E-state index < -0.39 is 6.04 Å². The van der Waals surface area contributed by atoms with Gasteiger partial charge in [0.15, 0.2) is 5.82 Å². The fourth-order valence-corrected chi connectivity index (χ4v) is 4.78. The third-order valence-corrected chi connectivity index (χ3v) is 6.60. The van der Waals surface area contributed by atoms with Gasteiger partial charge in [-0.1, -0.05) is 38.2 Å². The van der Waals surface area contributed by atoms with Gasteiger partial charge < -0.3 is 16.4 Å². The second-order valence-electron chi connectivity index (χ2n) is 8.75. The molecular weight excluding hydrogens is 392 g/mol. The SMILES string of the molecule is Cc1nc(N)ccc1CNC(=O)[C@@H]1CCc2cnc(NCCC3CCCCC3)c(=O)n21. The number of aryl methyl sites for hydroxylation is 2. The zero-order valence-electron chi connectivity index (χ0n) is 18.2. The zero-order valence-corrected chi connectivity index (χ0v) is 18.2. The van der Waals surface area contributed by atoms with Crippen LogP contribution in [0.15, 0.2) is 23.1 Å². The van der Waals surface area contributed by atoms with Crippen molar-refractivity contribution in [2.45, 2.75) is 70.9 Å². The molecule has 0 spiro atoms. The lowest BCUT2D eigenvalue weighted by molar-refractivity contribution is -0.124. The summed E-state index contributed by atoms with van der Waals surface area (Å²) in [6.45, 7) is 2.97. The minimum atomic E-state index is -0.508. The Morgan fingerprint density at radius 2 is 2.03 bits per heavy atom. The molecule has 1 saturated carbocycles. The van der Waals surface area contributed by atoms with E-state index in [2.05, 4.69) is 20.6 Å². The second kappa shape index (κ2) is 9.49. The van der Waals surface area contributed by atoms with Gasteiger partial charge >= 0.3 is 0 Å². The summed E-state index contributed by atoms with van der Waals surface area (Å²) in [6, 6.07) is 3.08. The second-order valence-corrected chi connectivity index (χ2v) is 8.75. The average molecular weight is 425 g/mol. The number of rotatable bonds is 7. The molecule has 0 radical (unpaired) electrons. The first-order chi connectivity index (χ1) is 15.0. The fourth-order valence-electron chi connectivity index (χ4n) is 4.78. The number of pyridine rings is 1. The van der Waals surface area contributed by atoms with Crippen LogP contribution in [0.5, 0.6) is 0 Å². The molecule has 1 aliphatic carbocycles. The number of fused-ring (bicyclic) bond motifs is 1. The predicted molar refractivity (Wildman–Crippen MR) is 121 cm³/mol. The third-order valence-electron chi connectivity index (χ3n) is 6.60. The van der Waals surface area contributed by atoms with Crippen molar-refractivity contribution < 1.29 is 4.79 Å². The Morgan fingerprint density at radius 1 is 1.23 bits per heavy atom. The van der Waals surface area contributed by atoms with Gasteiger partial charge in [-0.25, -0.2) is 9.97 Å². The van der Waals surface area contributed by atoms with Crippen LogP contribution in [0, 0.1) is 12.8 Å². The van der Waals surface area contributed by atoms with Crippen molar-refractivity contribution in [1.82, 2.24) is 19.9 Å². The summed E-state index contributed by atoms with van der Waals surface area (Å²) < 4.78 is 1.61. The highest BCUT2D eigenvalue weighted by atomic mass is 16.2. The first-order valence-electron chi connectivity index (χ1n) is 11.4. The quantitative estimate of drug-likeness (QED) is 0.630. The van der Waals surface area contributed by atoms with Crippen molar-refractivity contribution in [2.24, 2.45) is 5.92 Å². The minimum Gasteiger partial charge on any atom is -0.384 e. The van der Waals surface area contributed by atoms with Crippen molar-refractivity contribution in [2.75, 3.05) is 17.6 Å². The Hall–Kier alpha value is -2.90. The average Bonchev–Trinajstić information content (AvgIpc) is 3.20. The molecule has 3 heterocycles. The van der Waals surface area contributed by atoms with Crippen LogP contribution in [0.25, 0.3) is 0 Å². The number of aromatic nitrogens is 3. The van der Waals surface area contributed by atoms with Gasteiger partial charge in [-0.2, -0.15) is 0 Å². The molecule has 1 aliphatic heterocycles. The van der Waals surface area contributed by atoms with Gasteiger partial charge in [0, 0.05) is 30.7 Å². The molecule has 31 heavy (non-hydrogen) atoms. The number of hydrogen-bond acceptors (Lipinski definition) is 6. The number of carbonyl (C=O) groups is 1. The standard InChI is InChI=1S/C23H32N6O2/c1-15-17(7-10-20(24)28-15)13-27-22(30)19-9-8-18-14-26-21(23(31)29(18)19)25-12-11-16-5-3-2-4-6-16/h7,10,14,16,19H,2-6,8-9,11-13H2,1H3,(H2,24,28)(H,25,26)(H,27,30)/t19-/m0/s1. The molecule has 1 amide bonds. The summed E-state index contributed by atoms with van der Waals surface area (Å²) in [4.78, 5) is 34.5. The van der Waals surface area contributed by atoms with E-state index in [-0.39, 0.29) is 11.5 Å². The molecule has 8 nitrogen and oxygen atoms in total. The van der Waals surface area contributed by atoms with E-state index in [1.807, 2.05) is 13.0 Å². The van der Waals surface area contributed by atoms with Crippen LogP contribution in [0.1, 0.15) is 67.9 Å². The largest absolute Gasteiger partial charge is 0.384 e. The van der Waals surface area contributed by atoms with Crippen LogP contribution in [0.2, 0.25) is 0 Å². The van der Waals surface area contributed by atoms with Gasteiger partial charge in [0.05, 0.1) is 0 Å². The van der Waals surface area contributed by atoms with Crippen LogP contribution in [-0.4, -0.2) is 27.0 Å². The number of anilines is 2. The summed E-state index contributed by atoms with van der Waals surface area (Å²) in [7, 11) is 0. The Balaban J connectivity index is 1.40. The van der Waals surface area contributed by atoms with Gasteiger partial charge in [0.1, 0.15) is 11.9 Å². The van der Waals surface area contributed by atoms with E-state index in [4.69, 9.17) is 5.73 Å². The summed E-state index contributed by atoms with van der Waals surface area (Å²) >= 11 is 0. The maximum absolute atomic E-state index is 13.1. The van der Waals surface area contributed by atoms with Crippen molar-refractivity contribution >= 4 is 17.5 Å².